The molecule has 0 radical (unpaired) electrons. The molecule has 0 saturated carbocycles. The molecular formula is C12H21N3O. The highest BCUT2D eigenvalue weighted by atomic mass is 16.3. The lowest BCUT2D eigenvalue weighted by molar-refractivity contribution is 0.133. The van der Waals surface area contributed by atoms with Crippen LogP contribution in [0.2, 0.25) is 0 Å². The predicted molar refractivity (Wildman–Crippen MR) is 65.5 cm³/mol. The molecule has 0 aliphatic rings. The Bertz CT molecular complexity index is 361. The molecule has 2 N–H and O–H groups in total. The Morgan fingerprint density at radius 3 is 2.56 bits per heavy atom. The highest BCUT2D eigenvalue weighted by Crippen LogP contribution is 2.17. The van der Waals surface area contributed by atoms with Gasteiger partial charge in [0.1, 0.15) is 11.6 Å². The first-order chi connectivity index (χ1) is 7.35. The Balaban J connectivity index is 2.93. The smallest absolute Gasteiger partial charge is 0.130 e. The summed E-state index contributed by atoms with van der Waals surface area (Å²) in [5.41, 5.74) is 0.614. The van der Waals surface area contributed by atoms with Crippen LogP contribution >= 0.6 is 0 Å². The minimum atomic E-state index is -0.451. The van der Waals surface area contributed by atoms with Crippen molar-refractivity contribution in [3.63, 3.8) is 0 Å². The van der Waals surface area contributed by atoms with Gasteiger partial charge in [0.15, 0.2) is 0 Å². The summed E-state index contributed by atoms with van der Waals surface area (Å²) in [6, 6.07) is 1.93. The normalized spacial score (nSPS) is 13.6. The van der Waals surface area contributed by atoms with E-state index in [0.29, 0.717) is 0 Å². The third-order valence-electron chi connectivity index (χ3n) is 2.75. The van der Waals surface area contributed by atoms with Crippen LogP contribution in [0.4, 0.5) is 5.82 Å². The number of aliphatic hydroxyl groups is 1. The van der Waals surface area contributed by atoms with Crippen LogP contribution < -0.4 is 5.32 Å². The summed E-state index contributed by atoms with van der Waals surface area (Å²) in [6.07, 6.45) is 0.431. The Morgan fingerprint density at radius 1 is 1.44 bits per heavy atom. The van der Waals surface area contributed by atoms with Crippen LogP contribution in [0.1, 0.15) is 39.2 Å². The van der Waals surface area contributed by atoms with Crippen LogP contribution in [0, 0.1) is 6.92 Å². The molecule has 0 aromatic carbocycles. The molecule has 0 aliphatic carbocycles. The van der Waals surface area contributed by atoms with Gasteiger partial charge in [-0.2, -0.15) is 0 Å². The minimum Gasteiger partial charge on any atom is -0.391 e. The van der Waals surface area contributed by atoms with Crippen LogP contribution in [0.25, 0.3) is 0 Å². The molecule has 4 nitrogen and oxygen atoms in total. The summed E-state index contributed by atoms with van der Waals surface area (Å²) in [7, 11) is 0. The molecular weight excluding hydrogens is 202 g/mol. The second kappa shape index (κ2) is 4.78. The molecule has 1 heterocycles. The van der Waals surface area contributed by atoms with E-state index in [9.17, 15) is 5.11 Å². The van der Waals surface area contributed by atoms with Gasteiger partial charge in [-0.05, 0) is 34.1 Å². The van der Waals surface area contributed by atoms with Crippen molar-refractivity contribution in [3.8, 4) is 0 Å². The molecule has 0 amide bonds. The van der Waals surface area contributed by atoms with Crippen molar-refractivity contribution in [2.45, 2.75) is 52.7 Å². The first kappa shape index (κ1) is 12.9. The second-order valence-electron chi connectivity index (χ2n) is 4.67. The van der Waals surface area contributed by atoms with Crippen LogP contribution in [-0.4, -0.2) is 26.7 Å². The van der Waals surface area contributed by atoms with Crippen molar-refractivity contribution >= 4 is 5.82 Å². The predicted octanol–water partition coefficient (Wildman–Crippen LogP) is 1.92. The van der Waals surface area contributed by atoms with Gasteiger partial charge in [-0.3, -0.25) is 0 Å². The second-order valence-corrected chi connectivity index (χ2v) is 4.67. The van der Waals surface area contributed by atoms with E-state index in [1.54, 1.807) is 6.92 Å². The van der Waals surface area contributed by atoms with E-state index in [1.807, 2.05) is 26.8 Å². The van der Waals surface area contributed by atoms with Crippen molar-refractivity contribution in [1.82, 2.24) is 9.97 Å². The largest absolute Gasteiger partial charge is 0.391 e. The lowest BCUT2D eigenvalue weighted by Crippen LogP contribution is -2.42. The van der Waals surface area contributed by atoms with Crippen molar-refractivity contribution < 1.29 is 5.11 Å². The van der Waals surface area contributed by atoms with Gasteiger partial charge in [0.2, 0.25) is 0 Å². The molecule has 16 heavy (non-hydrogen) atoms. The summed E-state index contributed by atoms with van der Waals surface area (Å²) in [5.74, 6) is 1.53. The number of rotatable bonds is 4. The van der Waals surface area contributed by atoms with Gasteiger partial charge in [0, 0.05) is 11.8 Å². The van der Waals surface area contributed by atoms with Gasteiger partial charge in [0.25, 0.3) is 0 Å². The number of nitrogens with one attached hydrogen (secondary N) is 1. The molecule has 0 aliphatic heterocycles. The number of hydrogen-bond donors (Lipinski definition) is 2. The number of aromatic nitrogens is 2. The van der Waals surface area contributed by atoms with Gasteiger partial charge in [-0.15, -0.1) is 0 Å². The zero-order chi connectivity index (χ0) is 12.3. The summed E-state index contributed by atoms with van der Waals surface area (Å²) >= 11 is 0. The quantitative estimate of drug-likeness (QED) is 0.818. The van der Waals surface area contributed by atoms with E-state index in [1.165, 1.54) is 0 Å². The molecule has 1 rings (SSSR count). The Kier molecular flexibility index (Phi) is 3.86. The molecule has 0 bridgehead atoms. The summed E-state index contributed by atoms with van der Waals surface area (Å²) in [4.78, 5) is 8.63. The molecule has 1 unspecified atom stereocenters. The monoisotopic (exact) mass is 223 g/mol. The van der Waals surface area contributed by atoms with E-state index >= 15 is 0 Å². The summed E-state index contributed by atoms with van der Waals surface area (Å²) < 4.78 is 0. The third kappa shape index (κ3) is 3.17. The average molecular weight is 223 g/mol. The lowest BCUT2D eigenvalue weighted by atomic mass is 9.99. The first-order valence-electron chi connectivity index (χ1n) is 5.66. The standard InChI is InChI=1S/C12H21N3O/c1-6-10-7-11(14-9(3)13-10)15-12(4,5)8(2)16/h7-8,16H,6H2,1-5H3,(H,13,14,15). The maximum Gasteiger partial charge on any atom is 0.130 e. The maximum atomic E-state index is 9.63. The fourth-order valence-electron chi connectivity index (χ4n) is 1.31. The number of aliphatic hydroxyl groups excluding tert-OH is 1. The van der Waals surface area contributed by atoms with Gasteiger partial charge in [0.05, 0.1) is 11.6 Å². The fraction of sp³-hybridized carbons (Fsp3) is 0.667. The van der Waals surface area contributed by atoms with Gasteiger partial charge in [-0.25, -0.2) is 9.97 Å². The maximum absolute atomic E-state index is 9.63. The Hall–Kier alpha value is -1.16. The topological polar surface area (TPSA) is 58.0 Å². The molecule has 0 saturated heterocycles. The van der Waals surface area contributed by atoms with Gasteiger partial charge >= 0.3 is 0 Å². The Labute approximate surface area is 97.1 Å². The van der Waals surface area contributed by atoms with E-state index in [2.05, 4.69) is 22.2 Å². The fourth-order valence-corrected chi connectivity index (χ4v) is 1.31. The van der Waals surface area contributed by atoms with E-state index in [4.69, 9.17) is 0 Å². The molecule has 0 fully saturated rings. The number of nitrogens with zero attached hydrogens (tertiary/aromatic N) is 2. The highest BCUT2D eigenvalue weighted by molar-refractivity contribution is 5.39. The number of anilines is 1. The molecule has 1 aromatic heterocycles. The molecule has 4 heteroatoms. The van der Waals surface area contributed by atoms with Gasteiger partial charge in [-0.1, -0.05) is 6.92 Å². The lowest BCUT2D eigenvalue weighted by Gasteiger charge is -2.30. The SMILES string of the molecule is CCc1cc(NC(C)(C)C(C)O)nc(C)n1. The van der Waals surface area contributed by atoms with E-state index in [0.717, 1.165) is 23.8 Å². The third-order valence-corrected chi connectivity index (χ3v) is 2.75. The van der Waals surface area contributed by atoms with Crippen LogP contribution in [-0.2, 0) is 6.42 Å². The molecule has 90 valence electrons. The summed E-state index contributed by atoms with van der Waals surface area (Å²) in [6.45, 7) is 9.59. The Morgan fingerprint density at radius 2 is 2.06 bits per heavy atom. The summed E-state index contributed by atoms with van der Waals surface area (Å²) in [5, 5.41) is 12.9. The zero-order valence-corrected chi connectivity index (χ0v) is 10.7. The van der Waals surface area contributed by atoms with Crippen molar-refractivity contribution in [1.29, 1.82) is 0 Å². The first-order valence-corrected chi connectivity index (χ1v) is 5.66. The van der Waals surface area contributed by atoms with Crippen LogP contribution in [0.5, 0.6) is 0 Å². The van der Waals surface area contributed by atoms with E-state index in [-0.39, 0.29) is 0 Å². The van der Waals surface area contributed by atoms with E-state index < -0.39 is 11.6 Å². The van der Waals surface area contributed by atoms with Crippen molar-refractivity contribution in [3.05, 3.63) is 17.6 Å². The van der Waals surface area contributed by atoms with Gasteiger partial charge < -0.3 is 10.4 Å². The molecule has 1 aromatic rings. The minimum absolute atomic E-state index is 0.397. The number of aryl methyl sites for hydroxylation is 2. The molecule has 0 spiro atoms. The highest BCUT2D eigenvalue weighted by Gasteiger charge is 2.24. The average Bonchev–Trinajstić information content (AvgIpc) is 2.15. The molecule has 1 atom stereocenters. The number of hydrogen-bond acceptors (Lipinski definition) is 4. The zero-order valence-electron chi connectivity index (χ0n) is 10.7. The van der Waals surface area contributed by atoms with Crippen molar-refractivity contribution in [2.24, 2.45) is 0 Å². The van der Waals surface area contributed by atoms with Crippen LogP contribution in [0.3, 0.4) is 0 Å². The van der Waals surface area contributed by atoms with Crippen molar-refractivity contribution in [2.75, 3.05) is 5.32 Å². The van der Waals surface area contributed by atoms with Crippen LogP contribution in [0.15, 0.2) is 6.07 Å².